The number of likely N-dealkylation sites (tertiary alicyclic amines) is 1. The SMILES string of the molecule is O=C(CCN1CCC(C(O)c2ccccc2)CC1)NCc1ccccc1Cl. The molecule has 1 fully saturated rings. The fourth-order valence-corrected chi connectivity index (χ4v) is 3.80. The molecule has 1 unspecified atom stereocenters. The van der Waals surface area contributed by atoms with Gasteiger partial charge in [-0.15, -0.1) is 0 Å². The van der Waals surface area contributed by atoms with Gasteiger partial charge in [0.05, 0.1) is 6.10 Å². The Labute approximate surface area is 166 Å². The number of carbonyl (C=O) groups excluding carboxylic acids is 1. The minimum Gasteiger partial charge on any atom is -0.388 e. The summed E-state index contributed by atoms with van der Waals surface area (Å²) in [5.74, 6) is 0.332. The van der Waals surface area contributed by atoms with Crippen LogP contribution in [0, 0.1) is 5.92 Å². The van der Waals surface area contributed by atoms with E-state index in [1.165, 1.54) is 0 Å². The topological polar surface area (TPSA) is 52.6 Å². The minimum atomic E-state index is -0.396. The molecule has 1 amide bonds. The summed E-state index contributed by atoms with van der Waals surface area (Å²) in [4.78, 5) is 14.4. The maximum Gasteiger partial charge on any atom is 0.221 e. The van der Waals surface area contributed by atoms with Crippen LogP contribution in [0.25, 0.3) is 0 Å². The van der Waals surface area contributed by atoms with Crippen molar-refractivity contribution >= 4 is 17.5 Å². The second-order valence-corrected chi connectivity index (χ2v) is 7.56. The summed E-state index contributed by atoms with van der Waals surface area (Å²) in [6, 6.07) is 17.4. The summed E-state index contributed by atoms with van der Waals surface area (Å²) in [7, 11) is 0. The third-order valence-corrected chi connectivity index (χ3v) is 5.68. The van der Waals surface area contributed by atoms with Gasteiger partial charge in [0, 0.05) is 24.5 Å². The van der Waals surface area contributed by atoms with E-state index < -0.39 is 6.10 Å². The molecule has 4 nitrogen and oxygen atoms in total. The van der Waals surface area contributed by atoms with E-state index >= 15 is 0 Å². The predicted molar refractivity (Wildman–Crippen MR) is 108 cm³/mol. The van der Waals surface area contributed by atoms with Crippen molar-refractivity contribution in [3.05, 3.63) is 70.7 Å². The summed E-state index contributed by atoms with van der Waals surface area (Å²) in [5, 5.41) is 14.2. The highest BCUT2D eigenvalue weighted by Crippen LogP contribution is 2.30. The van der Waals surface area contributed by atoms with Crippen molar-refractivity contribution in [1.82, 2.24) is 10.2 Å². The Hall–Kier alpha value is -1.88. The molecular formula is C22H27ClN2O2. The first-order chi connectivity index (χ1) is 13.1. The van der Waals surface area contributed by atoms with Gasteiger partial charge in [0.2, 0.25) is 5.91 Å². The molecule has 0 saturated carbocycles. The monoisotopic (exact) mass is 386 g/mol. The maximum absolute atomic E-state index is 12.1. The Morgan fingerprint density at radius 3 is 2.48 bits per heavy atom. The largest absolute Gasteiger partial charge is 0.388 e. The second-order valence-electron chi connectivity index (χ2n) is 7.15. The van der Waals surface area contributed by atoms with Crippen LogP contribution in [0.5, 0.6) is 0 Å². The van der Waals surface area contributed by atoms with Crippen molar-refractivity contribution in [2.45, 2.75) is 31.9 Å². The van der Waals surface area contributed by atoms with Crippen LogP contribution in [0.1, 0.15) is 36.5 Å². The minimum absolute atomic E-state index is 0.0429. The quantitative estimate of drug-likeness (QED) is 0.761. The summed E-state index contributed by atoms with van der Waals surface area (Å²) in [5.41, 5.74) is 1.93. The van der Waals surface area contributed by atoms with Crippen molar-refractivity contribution in [3.63, 3.8) is 0 Å². The number of nitrogens with zero attached hydrogens (tertiary/aromatic N) is 1. The number of halogens is 1. The highest BCUT2D eigenvalue weighted by molar-refractivity contribution is 6.31. The molecule has 27 heavy (non-hydrogen) atoms. The lowest BCUT2D eigenvalue weighted by Gasteiger charge is -2.34. The van der Waals surface area contributed by atoms with E-state index in [1.807, 2.05) is 54.6 Å². The molecule has 1 aliphatic rings. The molecule has 2 aromatic rings. The number of rotatable bonds is 7. The Kier molecular flexibility index (Phi) is 7.27. The number of nitrogens with one attached hydrogen (secondary N) is 1. The predicted octanol–water partition coefficient (Wildman–Crippen LogP) is 3.79. The first kappa shape index (κ1) is 19.9. The lowest BCUT2D eigenvalue weighted by molar-refractivity contribution is -0.121. The van der Waals surface area contributed by atoms with Crippen molar-refractivity contribution in [3.8, 4) is 0 Å². The Morgan fingerprint density at radius 2 is 1.78 bits per heavy atom. The van der Waals surface area contributed by atoms with Gasteiger partial charge in [0.1, 0.15) is 0 Å². The highest BCUT2D eigenvalue weighted by atomic mass is 35.5. The van der Waals surface area contributed by atoms with Crippen LogP contribution in [0.4, 0.5) is 0 Å². The highest BCUT2D eigenvalue weighted by Gasteiger charge is 2.26. The number of hydrogen-bond donors (Lipinski definition) is 2. The molecule has 1 saturated heterocycles. The number of aliphatic hydroxyl groups is 1. The third kappa shape index (κ3) is 5.80. The molecule has 2 aromatic carbocycles. The molecule has 144 valence electrons. The van der Waals surface area contributed by atoms with Gasteiger partial charge >= 0.3 is 0 Å². The summed E-state index contributed by atoms with van der Waals surface area (Å²) in [6.07, 6.45) is 2.00. The molecule has 0 aliphatic carbocycles. The molecule has 0 radical (unpaired) electrons. The van der Waals surface area contributed by atoms with Crippen LogP contribution < -0.4 is 5.32 Å². The van der Waals surface area contributed by atoms with E-state index in [4.69, 9.17) is 11.6 Å². The molecular weight excluding hydrogens is 360 g/mol. The Morgan fingerprint density at radius 1 is 1.11 bits per heavy atom. The lowest BCUT2D eigenvalue weighted by atomic mass is 9.87. The summed E-state index contributed by atoms with van der Waals surface area (Å²) < 4.78 is 0. The van der Waals surface area contributed by atoms with Gasteiger partial charge in [-0.3, -0.25) is 4.79 Å². The second kappa shape index (κ2) is 9.88. The van der Waals surface area contributed by atoms with Crippen LogP contribution in [-0.2, 0) is 11.3 Å². The van der Waals surface area contributed by atoms with Crippen molar-refractivity contribution < 1.29 is 9.90 Å². The number of amides is 1. The molecule has 3 rings (SSSR count). The summed E-state index contributed by atoms with van der Waals surface area (Å²) in [6.45, 7) is 3.06. The molecule has 1 heterocycles. The standard InChI is InChI=1S/C22H27ClN2O2/c23-20-9-5-4-8-19(20)16-24-21(26)12-15-25-13-10-18(11-14-25)22(27)17-6-2-1-3-7-17/h1-9,18,22,27H,10-16H2,(H,24,26). The molecule has 1 atom stereocenters. The van der Waals surface area contributed by atoms with Gasteiger partial charge in [0.25, 0.3) is 0 Å². The number of carbonyl (C=O) groups is 1. The van der Waals surface area contributed by atoms with Crippen LogP contribution in [0.2, 0.25) is 5.02 Å². The van der Waals surface area contributed by atoms with E-state index in [2.05, 4.69) is 10.2 Å². The number of aliphatic hydroxyl groups excluding tert-OH is 1. The van der Waals surface area contributed by atoms with Gasteiger partial charge in [0.15, 0.2) is 0 Å². The molecule has 0 aromatic heterocycles. The molecule has 0 bridgehead atoms. The number of benzene rings is 2. The molecule has 2 N–H and O–H groups in total. The summed E-state index contributed by atoms with van der Waals surface area (Å²) >= 11 is 6.11. The van der Waals surface area contributed by atoms with E-state index in [-0.39, 0.29) is 11.8 Å². The average molecular weight is 387 g/mol. The zero-order valence-corrected chi connectivity index (χ0v) is 16.2. The first-order valence-electron chi connectivity index (χ1n) is 9.59. The van der Waals surface area contributed by atoms with E-state index in [0.29, 0.717) is 18.0 Å². The normalized spacial score (nSPS) is 16.8. The molecule has 0 spiro atoms. The van der Waals surface area contributed by atoms with E-state index in [0.717, 1.165) is 43.6 Å². The fraction of sp³-hybridized carbons (Fsp3) is 0.409. The van der Waals surface area contributed by atoms with Crippen molar-refractivity contribution in [2.75, 3.05) is 19.6 Å². The lowest BCUT2D eigenvalue weighted by Crippen LogP contribution is -2.38. The first-order valence-corrected chi connectivity index (χ1v) is 9.97. The van der Waals surface area contributed by atoms with Gasteiger partial charge < -0.3 is 15.3 Å². The van der Waals surface area contributed by atoms with Crippen LogP contribution in [0.15, 0.2) is 54.6 Å². The van der Waals surface area contributed by atoms with E-state index in [1.54, 1.807) is 0 Å². The van der Waals surface area contributed by atoms with Gasteiger partial charge in [-0.2, -0.15) is 0 Å². The van der Waals surface area contributed by atoms with E-state index in [9.17, 15) is 9.90 Å². The molecule has 1 aliphatic heterocycles. The number of piperidine rings is 1. The van der Waals surface area contributed by atoms with Crippen LogP contribution in [0.3, 0.4) is 0 Å². The van der Waals surface area contributed by atoms with Gasteiger partial charge in [-0.05, 0) is 49.0 Å². The van der Waals surface area contributed by atoms with Crippen molar-refractivity contribution in [1.29, 1.82) is 0 Å². The van der Waals surface area contributed by atoms with Gasteiger partial charge in [-0.1, -0.05) is 60.1 Å². The number of hydrogen-bond acceptors (Lipinski definition) is 3. The zero-order valence-electron chi connectivity index (χ0n) is 15.5. The Bertz CT molecular complexity index is 730. The molecule has 5 heteroatoms. The smallest absolute Gasteiger partial charge is 0.221 e. The maximum atomic E-state index is 12.1. The zero-order chi connectivity index (χ0) is 19.1. The van der Waals surface area contributed by atoms with Gasteiger partial charge in [-0.25, -0.2) is 0 Å². The average Bonchev–Trinajstić information content (AvgIpc) is 2.72. The van der Waals surface area contributed by atoms with Crippen molar-refractivity contribution in [2.24, 2.45) is 5.92 Å². The van der Waals surface area contributed by atoms with Crippen LogP contribution in [-0.4, -0.2) is 35.5 Å². The van der Waals surface area contributed by atoms with Crippen LogP contribution >= 0.6 is 11.6 Å². The fourth-order valence-electron chi connectivity index (χ4n) is 3.60. The Balaban J connectivity index is 1.37. The third-order valence-electron chi connectivity index (χ3n) is 5.31.